The minimum absolute atomic E-state index is 0.0336. The standard InChI is InChI=1S/C19H23ClN5O7P/c1-24(7-11-5-3-2-4-6-11)16-13-17(23-19(20)22-16)25(9-21-13)18-15(27)14(26)12(32-18)8-31-10-33(28,29)30/h2-6,9,12,14-15,18,26-27H,7-8,10H2,1H3,(H2,28,29,30)/t12-,14-,15-,18-/m1/s1. The number of hydrogen-bond donors (Lipinski definition) is 4. The quantitative estimate of drug-likeness (QED) is 0.257. The number of ether oxygens (including phenoxy) is 2. The Bertz CT molecular complexity index is 1160. The predicted octanol–water partition coefficient (Wildman–Crippen LogP) is 0.887. The van der Waals surface area contributed by atoms with Crippen LogP contribution in [0.15, 0.2) is 36.7 Å². The van der Waals surface area contributed by atoms with Gasteiger partial charge in [-0.15, -0.1) is 0 Å². The van der Waals surface area contributed by atoms with Crippen LogP contribution in [0, 0.1) is 0 Å². The summed E-state index contributed by atoms with van der Waals surface area (Å²) in [5.74, 6) is 0.474. The number of anilines is 1. The van der Waals surface area contributed by atoms with E-state index in [4.69, 9.17) is 30.9 Å². The molecule has 14 heteroatoms. The lowest BCUT2D eigenvalue weighted by Gasteiger charge is -2.20. The van der Waals surface area contributed by atoms with Crippen molar-refractivity contribution >= 4 is 36.2 Å². The Morgan fingerprint density at radius 2 is 1.94 bits per heavy atom. The van der Waals surface area contributed by atoms with Crippen LogP contribution in [0.2, 0.25) is 5.28 Å². The topological polar surface area (TPSA) is 163 Å². The SMILES string of the molecule is CN(Cc1ccccc1)c1nc(Cl)nc2c1ncn2[C@@H]1O[C@H](COCP(=O)(O)O)[C@@H](O)[C@H]1O. The summed E-state index contributed by atoms with van der Waals surface area (Å²) >= 11 is 6.17. The van der Waals surface area contributed by atoms with Crippen molar-refractivity contribution in [2.45, 2.75) is 31.1 Å². The molecule has 4 rings (SSSR count). The predicted molar refractivity (Wildman–Crippen MR) is 118 cm³/mol. The van der Waals surface area contributed by atoms with E-state index < -0.39 is 38.5 Å². The zero-order valence-electron chi connectivity index (χ0n) is 17.5. The first-order chi connectivity index (χ1) is 15.6. The summed E-state index contributed by atoms with van der Waals surface area (Å²) in [6.07, 6.45) is -4.26. The van der Waals surface area contributed by atoms with E-state index in [9.17, 15) is 14.8 Å². The molecule has 33 heavy (non-hydrogen) atoms. The van der Waals surface area contributed by atoms with Gasteiger partial charge in [-0.25, -0.2) is 4.98 Å². The lowest BCUT2D eigenvalue weighted by atomic mass is 10.1. The van der Waals surface area contributed by atoms with Gasteiger partial charge < -0.3 is 34.4 Å². The van der Waals surface area contributed by atoms with Crippen molar-refractivity contribution < 1.29 is 34.0 Å². The molecular formula is C19H23ClN5O7P. The van der Waals surface area contributed by atoms with Gasteiger partial charge in [0.1, 0.15) is 24.7 Å². The maximum Gasteiger partial charge on any atom is 0.350 e. The number of benzene rings is 1. The van der Waals surface area contributed by atoms with Crippen LogP contribution < -0.4 is 4.90 Å². The van der Waals surface area contributed by atoms with Crippen LogP contribution in [0.3, 0.4) is 0 Å². The Hall–Kier alpha value is -2.15. The molecule has 0 unspecified atom stereocenters. The molecule has 1 aliphatic rings. The third-order valence-corrected chi connectivity index (χ3v) is 5.84. The normalized spacial score (nSPS) is 23.3. The average molecular weight is 500 g/mol. The summed E-state index contributed by atoms with van der Waals surface area (Å²) in [6.45, 7) is 0.212. The highest BCUT2D eigenvalue weighted by Gasteiger charge is 2.44. The van der Waals surface area contributed by atoms with Crippen molar-refractivity contribution in [1.82, 2.24) is 19.5 Å². The summed E-state index contributed by atoms with van der Waals surface area (Å²) in [7, 11) is -2.54. The van der Waals surface area contributed by atoms with Gasteiger partial charge in [-0.2, -0.15) is 9.97 Å². The van der Waals surface area contributed by atoms with E-state index >= 15 is 0 Å². The van der Waals surface area contributed by atoms with Crippen molar-refractivity contribution in [2.24, 2.45) is 0 Å². The summed E-state index contributed by atoms with van der Waals surface area (Å²) in [4.78, 5) is 32.6. The first-order valence-corrected chi connectivity index (χ1v) is 12.1. The molecule has 1 saturated heterocycles. The van der Waals surface area contributed by atoms with Crippen LogP contribution in [0.1, 0.15) is 11.8 Å². The second kappa shape index (κ2) is 9.61. The molecule has 4 atom stereocenters. The van der Waals surface area contributed by atoms with Gasteiger partial charge in [-0.05, 0) is 17.2 Å². The number of aliphatic hydroxyl groups excluding tert-OH is 2. The molecule has 4 N–H and O–H groups in total. The van der Waals surface area contributed by atoms with Gasteiger partial charge in [0, 0.05) is 13.6 Å². The molecule has 0 saturated carbocycles. The van der Waals surface area contributed by atoms with Gasteiger partial charge in [0.15, 0.2) is 23.2 Å². The lowest BCUT2D eigenvalue weighted by molar-refractivity contribution is -0.0612. The fourth-order valence-corrected chi connectivity index (χ4v) is 4.15. The molecular weight excluding hydrogens is 477 g/mol. The van der Waals surface area contributed by atoms with Crippen molar-refractivity contribution in [3.8, 4) is 0 Å². The molecule has 0 bridgehead atoms. The molecule has 1 aliphatic heterocycles. The molecule has 1 aromatic carbocycles. The van der Waals surface area contributed by atoms with E-state index in [1.165, 1.54) is 10.9 Å². The van der Waals surface area contributed by atoms with E-state index in [2.05, 4.69) is 15.0 Å². The largest absolute Gasteiger partial charge is 0.387 e. The Morgan fingerprint density at radius 1 is 1.21 bits per heavy atom. The molecule has 1 fully saturated rings. The van der Waals surface area contributed by atoms with Gasteiger partial charge in [-0.3, -0.25) is 9.13 Å². The second-order valence-electron chi connectivity index (χ2n) is 7.69. The van der Waals surface area contributed by atoms with Crippen molar-refractivity contribution in [1.29, 1.82) is 0 Å². The van der Waals surface area contributed by atoms with Crippen molar-refractivity contribution in [3.63, 3.8) is 0 Å². The number of aromatic nitrogens is 4. The highest BCUT2D eigenvalue weighted by atomic mass is 35.5. The third kappa shape index (κ3) is 5.34. The Kier molecular flexibility index (Phi) is 6.99. The Morgan fingerprint density at radius 3 is 2.64 bits per heavy atom. The fourth-order valence-electron chi connectivity index (χ4n) is 3.64. The van der Waals surface area contributed by atoms with Crippen LogP contribution in [-0.2, 0) is 20.6 Å². The smallest absolute Gasteiger partial charge is 0.350 e. The van der Waals surface area contributed by atoms with Gasteiger partial charge in [-0.1, -0.05) is 30.3 Å². The maximum atomic E-state index is 11.0. The summed E-state index contributed by atoms with van der Waals surface area (Å²) < 4.78 is 23.0. The van der Waals surface area contributed by atoms with Gasteiger partial charge in [0.25, 0.3) is 0 Å². The minimum atomic E-state index is -4.37. The molecule has 0 radical (unpaired) electrons. The first-order valence-electron chi connectivity index (χ1n) is 9.93. The molecule has 12 nitrogen and oxygen atoms in total. The van der Waals surface area contributed by atoms with Crippen LogP contribution in [0.4, 0.5) is 5.82 Å². The molecule has 0 aliphatic carbocycles. The van der Waals surface area contributed by atoms with Crippen LogP contribution in [-0.4, -0.2) is 77.8 Å². The highest BCUT2D eigenvalue weighted by Crippen LogP contribution is 2.36. The number of imidazole rings is 1. The summed E-state index contributed by atoms with van der Waals surface area (Å²) in [5.41, 5.74) is 1.76. The van der Waals surface area contributed by atoms with Crippen molar-refractivity contribution in [2.75, 3.05) is 24.9 Å². The van der Waals surface area contributed by atoms with Crippen molar-refractivity contribution in [3.05, 3.63) is 47.5 Å². The highest BCUT2D eigenvalue weighted by molar-refractivity contribution is 7.51. The Balaban J connectivity index is 1.58. The van der Waals surface area contributed by atoms with Crippen LogP contribution >= 0.6 is 19.2 Å². The molecule has 3 aromatic rings. The summed E-state index contributed by atoms with van der Waals surface area (Å²) in [6, 6.07) is 9.76. The Labute approximate surface area is 193 Å². The second-order valence-corrected chi connectivity index (χ2v) is 9.62. The van der Waals surface area contributed by atoms with E-state index in [0.717, 1.165) is 5.56 Å². The minimum Gasteiger partial charge on any atom is -0.387 e. The maximum absolute atomic E-state index is 11.0. The third-order valence-electron chi connectivity index (χ3n) is 5.15. The fraction of sp³-hybridized carbons (Fsp3) is 0.421. The lowest BCUT2D eigenvalue weighted by Crippen LogP contribution is -2.33. The number of hydrogen-bond acceptors (Lipinski definition) is 9. The number of aliphatic hydroxyl groups is 2. The van der Waals surface area contributed by atoms with E-state index in [1.807, 2.05) is 42.3 Å². The molecule has 178 valence electrons. The van der Waals surface area contributed by atoms with Gasteiger partial charge in [0.2, 0.25) is 5.28 Å². The van der Waals surface area contributed by atoms with E-state index in [1.54, 1.807) is 0 Å². The zero-order valence-corrected chi connectivity index (χ0v) is 19.1. The number of nitrogens with zero attached hydrogens (tertiary/aromatic N) is 5. The molecule has 0 amide bonds. The van der Waals surface area contributed by atoms with Gasteiger partial charge in [0.05, 0.1) is 12.9 Å². The molecule has 3 heterocycles. The average Bonchev–Trinajstić information content (AvgIpc) is 3.29. The number of fused-ring (bicyclic) bond motifs is 1. The van der Waals surface area contributed by atoms with E-state index in [0.29, 0.717) is 17.9 Å². The molecule has 0 spiro atoms. The molecule has 2 aromatic heterocycles. The number of rotatable bonds is 8. The zero-order chi connectivity index (χ0) is 23.8. The van der Waals surface area contributed by atoms with Crippen LogP contribution in [0.5, 0.6) is 0 Å². The van der Waals surface area contributed by atoms with E-state index in [-0.39, 0.29) is 17.5 Å². The monoisotopic (exact) mass is 499 g/mol. The first kappa shape index (κ1) is 24.0. The van der Waals surface area contributed by atoms with Crippen LogP contribution in [0.25, 0.3) is 11.2 Å². The number of halogens is 1. The van der Waals surface area contributed by atoms with Gasteiger partial charge >= 0.3 is 7.60 Å². The summed E-state index contributed by atoms with van der Waals surface area (Å²) in [5, 5.41) is 20.8.